The van der Waals surface area contributed by atoms with E-state index in [1.54, 1.807) is 42.6 Å². The molecule has 2 rings (SSSR count). The number of aromatic carboxylic acids is 1. The first-order valence-corrected chi connectivity index (χ1v) is 6.75. The summed E-state index contributed by atoms with van der Waals surface area (Å²) in [6.45, 7) is 4.26. The summed E-state index contributed by atoms with van der Waals surface area (Å²) < 4.78 is 5.64. The second kappa shape index (κ2) is 7.24. The number of pyridine rings is 1. The van der Waals surface area contributed by atoms with Crippen LogP contribution < -0.4 is 4.74 Å². The standard InChI is InChI=1S/C17H17NO3/c1-2-3-6-11-21-13-9-10-18-16(12-13)14-7-4-5-8-15(14)17(19)20/h2,4-5,7-10,12H,1,3,6,11H2,(H,19,20). The summed E-state index contributed by atoms with van der Waals surface area (Å²) >= 11 is 0. The third-order valence-electron chi connectivity index (χ3n) is 2.99. The van der Waals surface area contributed by atoms with Crippen molar-refractivity contribution < 1.29 is 14.6 Å². The lowest BCUT2D eigenvalue weighted by Gasteiger charge is -2.08. The summed E-state index contributed by atoms with van der Waals surface area (Å²) in [5.74, 6) is -0.283. The fourth-order valence-electron chi connectivity index (χ4n) is 1.96. The number of ether oxygens (including phenoxy) is 1. The number of carboxylic acids is 1. The predicted molar refractivity (Wildman–Crippen MR) is 81.6 cm³/mol. The van der Waals surface area contributed by atoms with E-state index in [2.05, 4.69) is 11.6 Å². The molecule has 0 amide bonds. The smallest absolute Gasteiger partial charge is 0.336 e. The number of carbonyl (C=O) groups is 1. The molecule has 0 bridgehead atoms. The molecule has 2 aromatic rings. The number of allylic oxidation sites excluding steroid dienone is 1. The molecular weight excluding hydrogens is 266 g/mol. The highest BCUT2D eigenvalue weighted by molar-refractivity contribution is 5.95. The SMILES string of the molecule is C=CCCCOc1ccnc(-c2ccccc2C(=O)O)c1. The van der Waals surface area contributed by atoms with Crippen molar-refractivity contribution in [1.29, 1.82) is 0 Å². The summed E-state index contributed by atoms with van der Waals surface area (Å²) in [6, 6.07) is 10.3. The molecule has 0 radical (unpaired) electrons. The van der Waals surface area contributed by atoms with Crippen LogP contribution in [0.15, 0.2) is 55.3 Å². The third kappa shape index (κ3) is 3.92. The maximum Gasteiger partial charge on any atom is 0.336 e. The first-order valence-electron chi connectivity index (χ1n) is 6.75. The minimum atomic E-state index is -0.968. The molecule has 108 valence electrons. The van der Waals surface area contributed by atoms with Crippen LogP contribution in [0.25, 0.3) is 11.3 Å². The molecule has 0 saturated heterocycles. The van der Waals surface area contributed by atoms with Crippen molar-refractivity contribution in [2.75, 3.05) is 6.61 Å². The normalized spacial score (nSPS) is 10.1. The minimum absolute atomic E-state index is 0.230. The zero-order chi connectivity index (χ0) is 15.1. The quantitative estimate of drug-likeness (QED) is 0.620. The zero-order valence-corrected chi connectivity index (χ0v) is 11.7. The number of aromatic nitrogens is 1. The highest BCUT2D eigenvalue weighted by Gasteiger charge is 2.12. The lowest BCUT2D eigenvalue weighted by molar-refractivity contribution is 0.0697. The van der Waals surface area contributed by atoms with Crippen molar-refractivity contribution in [2.45, 2.75) is 12.8 Å². The molecule has 0 aliphatic heterocycles. The van der Waals surface area contributed by atoms with Crippen molar-refractivity contribution in [2.24, 2.45) is 0 Å². The van der Waals surface area contributed by atoms with Crippen LogP contribution in [0.1, 0.15) is 23.2 Å². The Balaban J connectivity index is 2.21. The van der Waals surface area contributed by atoms with E-state index in [0.29, 0.717) is 23.6 Å². The van der Waals surface area contributed by atoms with Gasteiger partial charge in [-0.1, -0.05) is 24.3 Å². The molecule has 0 unspecified atom stereocenters. The first kappa shape index (κ1) is 14.8. The lowest BCUT2D eigenvalue weighted by Crippen LogP contribution is -2.01. The molecule has 0 aliphatic carbocycles. The fraction of sp³-hybridized carbons (Fsp3) is 0.176. The van der Waals surface area contributed by atoms with Crippen LogP contribution in [0.5, 0.6) is 5.75 Å². The van der Waals surface area contributed by atoms with E-state index in [-0.39, 0.29) is 5.56 Å². The van der Waals surface area contributed by atoms with E-state index in [1.807, 2.05) is 6.08 Å². The molecule has 1 N–H and O–H groups in total. The average molecular weight is 283 g/mol. The van der Waals surface area contributed by atoms with Gasteiger partial charge in [0, 0.05) is 17.8 Å². The average Bonchev–Trinajstić information content (AvgIpc) is 2.52. The molecule has 0 saturated carbocycles. The lowest BCUT2D eigenvalue weighted by atomic mass is 10.0. The minimum Gasteiger partial charge on any atom is -0.493 e. The van der Waals surface area contributed by atoms with E-state index in [1.165, 1.54) is 0 Å². The van der Waals surface area contributed by atoms with Gasteiger partial charge in [-0.2, -0.15) is 0 Å². The van der Waals surface area contributed by atoms with Gasteiger partial charge in [-0.3, -0.25) is 4.98 Å². The Hall–Kier alpha value is -2.62. The maximum atomic E-state index is 11.3. The summed E-state index contributed by atoms with van der Waals surface area (Å²) in [5, 5.41) is 9.23. The highest BCUT2D eigenvalue weighted by Crippen LogP contribution is 2.25. The van der Waals surface area contributed by atoms with Gasteiger partial charge in [0.1, 0.15) is 5.75 Å². The number of hydrogen-bond acceptors (Lipinski definition) is 3. The number of unbranched alkanes of at least 4 members (excludes halogenated alkanes) is 1. The maximum absolute atomic E-state index is 11.3. The Kier molecular flexibility index (Phi) is 5.10. The molecular formula is C17H17NO3. The summed E-state index contributed by atoms with van der Waals surface area (Å²) in [5.41, 5.74) is 1.41. The number of hydrogen-bond donors (Lipinski definition) is 1. The van der Waals surface area contributed by atoms with Gasteiger partial charge in [0.05, 0.1) is 17.9 Å². The van der Waals surface area contributed by atoms with Crippen LogP contribution in [0, 0.1) is 0 Å². The Morgan fingerprint density at radius 2 is 2.14 bits per heavy atom. The molecule has 0 atom stereocenters. The summed E-state index contributed by atoms with van der Waals surface area (Å²) in [7, 11) is 0. The number of rotatable bonds is 7. The molecule has 1 aromatic carbocycles. The molecule has 21 heavy (non-hydrogen) atoms. The molecule has 1 aromatic heterocycles. The van der Waals surface area contributed by atoms with Crippen molar-refractivity contribution in [3.63, 3.8) is 0 Å². The van der Waals surface area contributed by atoms with Gasteiger partial charge in [0.25, 0.3) is 0 Å². The predicted octanol–water partition coefficient (Wildman–Crippen LogP) is 3.79. The largest absolute Gasteiger partial charge is 0.493 e. The number of carboxylic acid groups (broad SMARTS) is 1. The van der Waals surface area contributed by atoms with Gasteiger partial charge >= 0.3 is 5.97 Å². The highest BCUT2D eigenvalue weighted by atomic mass is 16.5. The molecule has 4 nitrogen and oxygen atoms in total. The Labute approximate surface area is 123 Å². The Morgan fingerprint density at radius 1 is 1.33 bits per heavy atom. The van der Waals surface area contributed by atoms with Gasteiger partial charge in [-0.25, -0.2) is 4.79 Å². The topological polar surface area (TPSA) is 59.4 Å². The number of benzene rings is 1. The second-order valence-corrected chi connectivity index (χ2v) is 4.51. The summed E-state index contributed by atoms with van der Waals surface area (Å²) in [4.78, 5) is 15.5. The van der Waals surface area contributed by atoms with Crippen LogP contribution in [0.4, 0.5) is 0 Å². The van der Waals surface area contributed by atoms with Crippen molar-refractivity contribution >= 4 is 5.97 Å². The Bertz CT molecular complexity index is 637. The molecule has 0 spiro atoms. The second-order valence-electron chi connectivity index (χ2n) is 4.51. The van der Waals surface area contributed by atoms with Gasteiger partial charge in [-0.05, 0) is 25.0 Å². The monoisotopic (exact) mass is 283 g/mol. The van der Waals surface area contributed by atoms with Crippen LogP contribution in [0.2, 0.25) is 0 Å². The van der Waals surface area contributed by atoms with Crippen LogP contribution in [0.3, 0.4) is 0 Å². The number of nitrogens with zero attached hydrogens (tertiary/aromatic N) is 1. The van der Waals surface area contributed by atoms with E-state index in [4.69, 9.17) is 4.74 Å². The first-order chi connectivity index (χ1) is 10.2. The van der Waals surface area contributed by atoms with E-state index in [9.17, 15) is 9.90 Å². The van der Waals surface area contributed by atoms with Gasteiger partial charge in [0.15, 0.2) is 0 Å². The van der Waals surface area contributed by atoms with Crippen molar-refractivity contribution in [3.05, 3.63) is 60.8 Å². The zero-order valence-electron chi connectivity index (χ0n) is 11.7. The Morgan fingerprint density at radius 3 is 2.90 bits per heavy atom. The molecule has 1 heterocycles. The van der Waals surface area contributed by atoms with Gasteiger partial charge in [-0.15, -0.1) is 6.58 Å². The molecule has 0 fully saturated rings. The van der Waals surface area contributed by atoms with E-state index >= 15 is 0 Å². The molecule has 0 aliphatic rings. The van der Waals surface area contributed by atoms with Gasteiger partial charge in [0.2, 0.25) is 0 Å². The van der Waals surface area contributed by atoms with Crippen LogP contribution >= 0.6 is 0 Å². The fourth-order valence-corrected chi connectivity index (χ4v) is 1.96. The third-order valence-corrected chi connectivity index (χ3v) is 2.99. The van der Waals surface area contributed by atoms with Gasteiger partial charge < -0.3 is 9.84 Å². The van der Waals surface area contributed by atoms with Crippen LogP contribution in [-0.4, -0.2) is 22.7 Å². The van der Waals surface area contributed by atoms with Crippen LogP contribution in [-0.2, 0) is 0 Å². The molecule has 4 heteroatoms. The van der Waals surface area contributed by atoms with E-state index < -0.39 is 5.97 Å². The van der Waals surface area contributed by atoms with Crippen molar-refractivity contribution in [1.82, 2.24) is 4.98 Å². The summed E-state index contributed by atoms with van der Waals surface area (Å²) in [6.07, 6.45) is 5.27. The van der Waals surface area contributed by atoms with Crippen molar-refractivity contribution in [3.8, 4) is 17.0 Å². The van der Waals surface area contributed by atoms with E-state index in [0.717, 1.165) is 12.8 Å².